The zero-order chi connectivity index (χ0) is 11.5. The Labute approximate surface area is 93.7 Å². The summed E-state index contributed by atoms with van der Waals surface area (Å²) < 4.78 is 10.0. The normalized spacial score (nSPS) is 14.6. The van der Waals surface area contributed by atoms with Crippen LogP contribution in [0.1, 0.15) is 11.1 Å². The first-order valence-electron chi connectivity index (χ1n) is 4.77. The Morgan fingerprint density at radius 2 is 2.06 bits per heavy atom. The molecule has 1 aliphatic rings. The van der Waals surface area contributed by atoms with E-state index < -0.39 is 0 Å². The van der Waals surface area contributed by atoms with E-state index in [2.05, 4.69) is 5.92 Å². The maximum absolute atomic E-state index is 11.5. The van der Waals surface area contributed by atoms with E-state index in [1.165, 1.54) is 7.11 Å². The van der Waals surface area contributed by atoms with E-state index in [0.717, 1.165) is 11.1 Å². The average molecular weight is 214 g/mol. The first kappa shape index (κ1) is 10.3. The summed E-state index contributed by atoms with van der Waals surface area (Å²) in [4.78, 5) is 11.5. The van der Waals surface area contributed by atoms with Crippen molar-refractivity contribution in [3.63, 3.8) is 0 Å². The Balaban J connectivity index is 2.43. The highest BCUT2D eigenvalue weighted by Gasteiger charge is 2.26. The molecule has 0 aromatic heterocycles. The molecule has 0 radical (unpaired) electrons. The minimum Gasteiger partial charge on any atom is -0.497 e. The second kappa shape index (κ2) is 4.11. The van der Waals surface area contributed by atoms with Gasteiger partial charge in [-0.3, -0.25) is 0 Å². The van der Waals surface area contributed by atoms with Gasteiger partial charge < -0.3 is 9.47 Å². The fourth-order valence-corrected chi connectivity index (χ4v) is 1.56. The van der Waals surface area contributed by atoms with Crippen LogP contribution in [0.25, 0.3) is 5.57 Å². The summed E-state index contributed by atoms with van der Waals surface area (Å²) in [6.07, 6.45) is 5.26. The van der Waals surface area contributed by atoms with Crippen molar-refractivity contribution in [2.45, 2.75) is 0 Å². The minimum atomic E-state index is -0.356. The first-order chi connectivity index (χ1) is 7.76. The third-order valence-corrected chi connectivity index (χ3v) is 2.40. The van der Waals surface area contributed by atoms with Crippen molar-refractivity contribution in [3.05, 3.63) is 41.2 Å². The van der Waals surface area contributed by atoms with Gasteiger partial charge in [-0.25, -0.2) is 4.79 Å². The Bertz CT molecular complexity index is 489. The number of hydrogen-bond donors (Lipinski definition) is 0. The van der Waals surface area contributed by atoms with Crippen molar-refractivity contribution in [1.82, 2.24) is 0 Å². The molecule has 0 atom stereocenters. The number of carbonyl (C=O) groups is 1. The molecule has 0 aliphatic carbocycles. The van der Waals surface area contributed by atoms with Crippen LogP contribution in [-0.2, 0) is 14.3 Å². The van der Waals surface area contributed by atoms with Gasteiger partial charge in [0.05, 0.1) is 7.11 Å². The molecule has 1 aliphatic heterocycles. The summed E-state index contributed by atoms with van der Waals surface area (Å²) in [7, 11) is 1.52. The number of methoxy groups -OCH3 is 1. The lowest BCUT2D eigenvalue weighted by Gasteiger charge is -2.02. The van der Waals surface area contributed by atoms with Gasteiger partial charge in [0, 0.05) is 5.56 Å². The summed E-state index contributed by atoms with van der Waals surface area (Å²) in [5, 5.41) is 0. The topological polar surface area (TPSA) is 35.5 Å². The number of carbonyl (C=O) groups excluding carboxylic acids is 1. The molecule has 0 N–H and O–H groups in total. The van der Waals surface area contributed by atoms with Crippen LogP contribution in [0.5, 0.6) is 0 Å². The zero-order valence-electron chi connectivity index (χ0n) is 8.82. The lowest BCUT2D eigenvalue weighted by Crippen LogP contribution is -1.98. The molecule has 0 unspecified atom stereocenters. The van der Waals surface area contributed by atoms with Crippen molar-refractivity contribution in [3.8, 4) is 12.3 Å². The van der Waals surface area contributed by atoms with Crippen molar-refractivity contribution < 1.29 is 14.3 Å². The highest BCUT2D eigenvalue weighted by atomic mass is 16.6. The lowest BCUT2D eigenvalue weighted by atomic mass is 10.0. The fourth-order valence-electron chi connectivity index (χ4n) is 1.56. The van der Waals surface area contributed by atoms with E-state index in [4.69, 9.17) is 15.9 Å². The summed E-state index contributed by atoms with van der Waals surface area (Å²) in [5.74, 6) is 2.72. The molecule has 0 saturated heterocycles. The van der Waals surface area contributed by atoms with Crippen LogP contribution in [0.3, 0.4) is 0 Å². The quantitative estimate of drug-likeness (QED) is 0.554. The maximum Gasteiger partial charge on any atom is 0.342 e. The van der Waals surface area contributed by atoms with Crippen LogP contribution in [-0.4, -0.2) is 19.7 Å². The van der Waals surface area contributed by atoms with Gasteiger partial charge in [0.2, 0.25) is 0 Å². The lowest BCUT2D eigenvalue weighted by molar-refractivity contribution is -0.134. The van der Waals surface area contributed by atoms with E-state index in [9.17, 15) is 4.79 Å². The second-order valence-electron chi connectivity index (χ2n) is 3.30. The average Bonchev–Trinajstić information content (AvgIpc) is 2.70. The number of benzene rings is 1. The smallest absolute Gasteiger partial charge is 0.342 e. The van der Waals surface area contributed by atoms with Gasteiger partial charge >= 0.3 is 5.97 Å². The summed E-state index contributed by atoms with van der Waals surface area (Å²) in [6.45, 7) is 0.196. The molecule has 0 spiro atoms. The standard InChI is InChI=1S/C13H10O3/c1-3-9-4-6-10(7-5-9)12-11(15-2)8-16-13(12)14/h1,4-7H,8H2,2H3. The second-order valence-corrected chi connectivity index (χ2v) is 3.30. The summed E-state index contributed by atoms with van der Waals surface area (Å²) >= 11 is 0. The van der Waals surface area contributed by atoms with E-state index in [-0.39, 0.29) is 12.6 Å². The van der Waals surface area contributed by atoms with Gasteiger partial charge in [-0.05, 0) is 17.7 Å². The highest BCUT2D eigenvalue weighted by molar-refractivity contribution is 6.18. The molecule has 1 aromatic rings. The number of terminal acetylenes is 1. The van der Waals surface area contributed by atoms with Crippen LogP contribution in [0.15, 0.2) is 30.0 Å². The van der Waals surface area contributed by atoms with E-state index in [1.807, 2.05) is 0 Å². The predicted molar refractivity (Wildman–Crippen MR) is 59.3 cm³/mol. The van der Waals surface area contributed by atoms with Gasteiger partial charge in [0.1, 0.15) is 17.9 Å². The third-order valence-electron chi connectivity index (χ3n) is 2.40. The molecule has 1 aromatic carbocycles. The molecule has 0 saturated carbocycles. The van der Waals surface area contributed by atoms with Gasteiger partial charge in [0.25, 0.3) is 0 Å². The summed E-state index contributed by atoms with van der Waals surface area (Å²) in [6, 6.07) is 7.13. The number of esters is 1. The van der Waals surface area contributed by atoms with Crippen LogP contribution < -0.4 is 0 Å². The molecular formula is C13H10O3. The van der Waals surface area contributed by atoms with E-state index in [0.29, 0.717) is 11.3 Å². The zero-order valence-corrected chi connectivity index (χ0v) is 8.82. The SMILES string of the molecule is C#Cc1ccc(C2=C(OC)COC2=O)cc1. The van der Waals surface area contributed by atoms with Crippen molar-refractivity contribution in [2.24, 2.45) is 0 Å². The number of cyclic esters (lactones) is 1. The Hall–Kier alpha value is -2.21. The molecule has 3 nitrogen and oxygen atoms in total. The van der Waals surface area contributed by atoms with E-state index >= 15 is 0 Å². The Morgan fingerprint density at radius 1 is 1.38 bits per heavy atom. The minimum absolute atomic E-state index is 0.196. The predicted octanol–water partition coefficient (Wildman–Crippen LogP) is 1.58. The third kappa shape index (κ3) is 1.66. The number of hydrogen-bond acceptors (Lipinski definition) is 3. The molecule has 0 amide bonds. The molecule has 16 heavy (non-hydrogen) atoms. The monoisotopic (exact) mass is 214 g/mol. The molecule has 0 fully saturated rings. The molecule has 0 bridgehead atoms. The fraction of sp³-hybridized carbons (Fsp3) is 0.154. The van der Waals surface area contributed by atoms with Crippen molar-refractivity contribution in [2.75, 3.05) is 13.7 Å². The van der Waals surface area contributed by atoms with Crippen LogP contribution in [0.2, 0.25) is 0 Å². The van der Waals surface area contributed by atoms with Gasteiger partial charge in [-0.15, -0.1) is 6.42 Å². The molecular weight excluding hydrogens is 204 g/mol. The summed E-state index contributed by atoms with van der Waals surface area (Å²) in [5.41, 5.74) is 2.01. The maximum atomic E-state index is 11.5. The van der Waals surface area contributed by atoms with Gasteiger partial charge in [-0.1, -0.05) is 18.1 Å². The van der Waals surface area contributed by atoms with Crippen LogP contribution >= 0.6 is 0 Å². The molecule has 80 valence electrons. The molecule has 2 rings (SSSR count). The van der Waals surface area contributed by atoms with Gasteiger partial charge in [0.15, 0.2) is 0 Å². The first-order valence-corrected chi connectivity index (χ1v) is 4.77. The Kier molecular flexibility index (Phi) is 2.65. The van der Waals surface area contributed by atoms with Crippen LogP contribution in [0, 0.1) is 12.3 Å². The number of ether oxygens (including phenoxy) is 2. The highest BCUT2D eigenvalue weighted by Crippen LogP contribution is 2.26. The van der Waals surface area contributed by atoms with E-state index in [1.54, 1.807) is 24.3 Å². The van der Waals surface area contributed by atoms with Crippen LogP contribution in [0.4, 0.5) is 0 Å². The van der Waals surface area contributed by atoms with Gasteiger partial charge in [-0.2, -0.15) is 0 Å². The molecule has 3 heteroatoms. The number of rotatable bonds is 2. The largest absolute Gasteiger partial charge is 0.497 e. The Morgan fingerprint density at radius 3 is 2.62 bits per heavy atom. The van der Waals surface area contributed by atoms with Crippen molar-refractivity contribution in [1.29, 1.82) is 0 Å². The molecule has 1 heterocycles. The van der Waals surface area contributed by atoms with Crippen molar-refractivity contribution >= 4 is 11.5 Å².